The molecule has 1 heterocycles. The Hall–Kier alpha value is -1.26. The summed E-state index contributed by atoms with van der Waals surface area (Å²) in [6.07, 6.45) is 0.805. The zero-order chi connectivity index (χ0) is 8.48. The van der Waals surface area contributed by atoms with Crippen molar-refractivity contribution in [3.63, 3.8) is 0 Å². The predicted molar refractivity (Wildman–Crippen MR) is 34.2 cm³/mol. The van der Waals surface area contributed by atoms with Crippen molar-refractivity contribution in [3.05, 3.63) is 4.91 Å². The molecule has 1 aliphatic rings. The van der Waals surface area contributed by atoms with E-state index in [0.717, 1.165) is 0 Å². The summed E-state index contributed by atoms with van der Waals surface area (Å²) in [6, 6.07) is 0. The summed E-state index contributed by atoms with van der Waals surface area (Å²) >= 11 is 0. The van der Waals surface area contributed by atoms with Crippen LogP contribution in [-0.2, 0) is 9.59 Å². The number of carboxylic acids is 1. The second kappa shape index (κ2) is 2.41. The molecular weight excluding hydrogens is 150 g/mol. The smallest absolute Gasteiger partial charge is 0.388 e. The van der Waals surface area contributed by atoms with Crippen LogP contribution in [0.2, 0.25) is 0 Å². The number of aldehydes is 1. The van der Waals surface area contributed by atoms with E-state index >= 15 is 0 Å². The molecule has 1 aliphatic heterocycles. The first-order valence-electron chi connectivity index (χ1n) is 3.28. The van der Waals surface area contributed by atoms with E-state index in [4.69, 9.17) is 5.11 Å². The van der Waals surface area contributed by atoms with Gasteiger partial charge in [0.05, 0.1) is 0 Å². The Morgan fingerprint density at radius 3 is 2.45 bits per heavy atom. The van der Waals surface area contributed by atoms with Crippen LogP contribution in [0.3, 0.4) is 0 Å². The molecule has 1 saturated heterocycles. The van der Waals surface area contributed by atoms with E-state index in [2.05, 4.69) is 0 Å². The zero-order valence-electron chi connectivity index (χ0n) is 5.82. The van der Waals surface area contributed by atoms with Crippen LogP contribution < -0.4 is 0 Å². The number of hydrogen-bond donors (Lipinski definition) is 1. The SMILES string of the molecule is O=C[C@]1(C(=O)O)CCC[N+]1=O. The molecule has 1 atom stereocenters. The Bertz CT molecular complexity index is 225. The molecule has 0 aromatic rings. The number of hydrogen-bond acceptors (Lipinski definition) is 3. The number of carboxylic acid groups (broad SMARTS) is 1. The van der Waals surface area contributed by atoms with Gasteiger partial charge in [0, 0.05) is 22.5 Å². The molecule has 0 saturated carbocycles. The summed E-state index contributed by atoms with van der Waals surface area (Å²) in [6.45, 7) is 0.130. The number of nitrogens with zero attached hydrogens (tertiary/aromatic N) is 1. The van der Waals surface area contributed by atoms with Crippen LogP contribution in [0.4, 0.5) is 0 Å². The minimum absolute atomic E-state index is 0.120. The van der Waals surface area contributed by atoms with Gasteiger partial charge in [-0.2, -0.15) is 0 Å². The first-order chi connectivity index (χ1) is 5.13. The first-order valence-corrected chi connectivity index (χ1v) is 3.28. The summed E-state index contributed by atoms with van der Waals surface area (Å²) in [7, 11) is 0. The van der Waals surface area contributed by atoms with Crippen molar-refractivity contribution in [2.24, 2.45) is 0 Å². The van der Waals surface area contributed by atoms with Gasteiger partial charge in [-0.1, -0.05) is 0 Å². The molecule has 11 heavy (non-hydrogen) atoms. The monoisotopic (exact) mass is 158 g/mol. The van der Waals surface area contributed by atoms with Gasteiger partial charge in [0.2, 0.25) is 6.29 Å². The predicted octanol–water partition coefficient (Wildman–Crippen LogP) is -0.419. The maximum Gasteiger partial charge on any atom is 0.388 e. The first kappa shape index (κ1) is 7.84. The van der Waals surface area contributed by atoms with Gasteiger partial charge in [-0.15, -0.1) is 0 Å². The van der Waals surface area contributed by atoms with Crippen LogP contribution in [-0.4, -0.2) is 34.2 Å². The van der Waals surface area contributed by atoms with E-state index in [-0.39, 0.29) is 19.3 Å². The summed E-state index contributed by atoms with van der Waals surface area (Å²) in [4.78, 5) is 31.7. The Labute approximate surface area is 62.6 Å². The highest BCUT2D eigenvalue weighted by Crippen LogP contribution is 2.22. The fourth-order valence-corrected chi connectivity index (χ4v) is 1.20. The van der Waals surface area contributed by atoms with Crippen LogP contribution in [0.15, 0.2) is 0 Å². The summed E-state index contributed by atoms with van der Waals surface area (Å²) in [5.41, 5.74) is -1.79. The summed E-state index contributed by atoms with van der Waals surface area (Å²) in [5, 5.41) is 8.56. The Morgan fingerprint density at radius 1 is 1.64 bits per heavy atom. The largest absolute Gasteiger partial charge is 0.476 e. The fourth-order valence-electron chi connectivity index (χ4n) is 1.20. The number of carbonyl (C=O) groups is 2. The van der Waals surface area contributed by atoms with Crippen molar-refractivity contribution < 1.29 is 19.5 Å². The van der Waals surface area contributed by atoms with Gasteiger partial charge in [-0.3, -0.25) is 4.79 Å². The van der Waals surface area contributed by atoms with Gasteiger partial charge in [0.15, 0.2) is 6.54 Å². The van der Waals surface area contributed by atoms with Crippen molar-refractivity contribution in [3.8, 4) is 0 Å². The van der Waals surface area contributed by atoms with E-state index < -0.39 is 11.5 Å². The van der Waals surface area contributed by atoms with Crippen LogP contribution in [0, 0.1) is 4.91 Å². The Kier molecular flexibility index (Phi) is 1.72. The number of nitroso groups, excluding NO2 is 1. The van der Waals surface area contributed by atoms with Gasteiger partial charge in [0.1, 0.15) is 0 Å². The maximum absolute atomic E-state index is 10.9. The lowest BCUT2D eigenvalue weighted by Gasteiger charge is -2.04. The van der Waals surface area contributed by atoms with Gasteiger partial charge >= 0.3 is 11.5 Å². The molecule has 0 aliphatic carbocycles. The van der Waals surface area contributed by atoms with Crippen LogP contribution >= 0.6 is 0 Å². The normalized spacial score (nSPS) is 30.4. The minimum Gasteiger partial charge on any atom is -0.476 e. The molecular formula is C6H8NO4+. The van der Waals surface area contributed by atoms with Crippen molar-refractivity contribution in [1.82, 2.24) is 0 Å². The highest BCUT2D eigenvalue weighted by molar-refractivity contribution is 5.95. The third-order valence-electron chi connectivity index (χ3n) is 1.93. The lowest BCUT2D eigenvalue weighted by molar-refractivity contribution is -0.575. The molecule has 1 fully saturated rings. The lowest BCUT2D eigenvalue weighted by atomic mass is 10.0. The van der Waals surface area contributed by atoms with Gasteiger partial charge in [-0.25, -0.2) is 4.79 Å². The molecule has 0 aromatic heterocycles. The highest BCUT2D eigenvalue weighted by atomic mass is 16.4. The molecule has 0 unspecified atom stereocenters. The second-order valence-corrected chi connectivity index (χ2v) is 2.55. The zero-order valence-corrected chi connectivity index (χ0v) is 5.82. The molecule has 1 N–H and O–H groups in total. The molecule has 0 spiro atoms. The van der Waals surface area contributed by atoms with E-state index in [1.165, 1.54) is 0 Å². The third-order valence-corrected chi connectivity index (χ3v) is 1.93. The van der Waals surface area contributed by atoms with Crippen LogP contribution in [0.5, 0.6) is 0 Å². The van der Waals surface area contributed by atoms with E-state index in [1.54, 1.807) is 0 Å². The third kappa shape index (κ3) is 0.923. The van der Waals surface area contributed by atoms with E-state index in [0.29, 0.717) is 11.2 Å². The van der Waals surface area contributed by atoms with Gasteiger partial charge in [-0.05, 0) is 0 Å². The molecule has 5 heteroatoms. The highest BCUT2D eigenvalue weighted by Gasteiger charge is 2.57. The standard InChI is InChI=1S/C6H7NO4/c8-4-6(5(9)10)2-1-3-7(6)11/h4H,1-3H2/p+1/t6-/m0/s1. The summed E-state index contributed by atoms with van der Waals surface area (Å²) in [5.74, 6) is -1.35. The van der Waals surface area contributed by atoms with Gasteiger partial charge < -0.3 is 5.11 Å². The average molecular weight is 158 g/mol. The van der Waals surface area contributed by atoms with Gasteiger partial charge in [0.25, 0.3) is 0 Å². The van der Waals surface area contributed by atoms with Crippen molar-refractivity contribution >= 4 is 12.3 Å². The molecule has 60 valence electrons. The molecule has 0 radical (unpaired) electrons. The molecule has 0 aromatic carbocycles. The lowest BCUT2D eigenvalue weighted by Crippen LogP contribution is -2.45. The van der Waals surface area contributed by atoms with E-state index in [1.807, 2.05) is 0 Å². The average Bonchev–Trinajstić information content (AvgIpc) is 2.32. The van der Waals surface area contributed by atoms with E-state index in [9.17, 15) is 14.5 Å². The summed E-state index contributed by atoms with van der Waals surface area (Å²) < 4.78 is 0.336. The van der Waals surface area contributed by atoms with Crippen molar-refractivity contribution in [2.75, 3.05) is 6.54 Å². The Balaban J connectivity index is 3.00. The second-order valence-electron chi connectivity index (χ2n) is 2.55. The number of rotatable bonds is 2. The van der Waals surface area contributed by atoms with Crippen LogP contribution in [0.1, 0.15) is 12.8 Å². The molecule has 1 rings (SSSR count). The van der Waals surface area contributed by atoms with Crippen molar-refractivity contribution in [1.29, 1.82) is 0 Å². The molecule has 5 nitrogen and oxygen atoms in total. The topological polar surface area (TPSA) is 74.5 Å². The quantitative estimate of drug-likeness (QED) is 0.336. The maximum atomic E-state index is 10.9. The number of aliphatic carboxylic acids is 1. The Morgan fingerprint density at radius 2 is 2.27 bits per heavy atom. The van der Waals surface area contributed by atoms with Crippen molar-refractivity contribution in [2.45, 2.75) is 18.4 Å². The van der Waals surface area contributed by atoms with Crippen LogP contribution in [0.25, 0.3) is 0 Å². The molecule has 0 amide bonds. The number of carbonyl (C=O) groups excluding carboxylic acids is 1. The molecule has 0 bridgehead atoms. The minimum atomic E-state index is -1.79. The fraction of sp³-hybridized carbons (Fsp3) is 0.667.